The molecule has 2 atom stereocenters. The molecule has 136 valence electrons. The van der Waals surface area contributed by atoms with E-state index in [0.717, 1.165) is 24.2 Å². The van der Waals surface area contributed by atoms with Crippen molar-refractivity contribution in [3.05, 3.63) is 0 Å². The van der Waals surface area contributed by atoms with E-state index in [9.17, 15) is 19.5 Å². The highest BCUT2D eigenvalue weighted by molar-refractivity contribution is 6.09. The second-order valence-corrected chi connectivity index (χ2v) is 6.75. The summed E-state index contributed by atoms with van der Waals surface area (Å²) < 4.78 is 0. The summed E-state index contributed by atoms with van der Waals surface area (Å²) in [6, 6.07) is -0.477. The first-order valence-corrected chi connectivity index (χ1v) is 8.31. The van der Waals surface area contributed by atoms with Crippen molar-refractivity contribution in [2.45, 2.75) is 43.7 Å². The van der Waals surface area contributed by atoms with Crippen molar-refractivity contribution >= 4 is 30.3 Å². The number of hydrogen-bond acceptors (Lipinski definition) is 5. The Kier molecular flexibility index (Phi) is 6.06. The molecule has 2 unspecified atom stereocenters. The topological polar surface area (TPSA) is 111 Å². The number of aliphatic hydroxyl groups is 1. The van der Waals surface area contributed by atoms with Crippen molar-refractivity contribution in [3.8, 4) is 0 Å². The van der Waals surface area contributed by atoms with Crippen molar-refractivity contribution in [1.82, 2.24) is 20.9 Å². The lowest BCUT2D eigenvalue weighted by molar-refractivity contribution is -0.135. The van der Waals surface area contributed by atoms with Crippen LogP contribution >= 0.6 is 12.4 Å². The predicted molar refractivity (Wildman–Crippen MR) is 88.7 cm³/mol. The number of hydrogen-bond donors (Lipinski definition) is 4. The smallest absolute Gasteiger partial charge is 0.325 e. The van der Waals surface area contributed by atoms with E-state index in [1.807, 2.05) is 0 Å². The Bertz CT molecular complexity index is 510. The van der Waals surface area contributed by atoms with Gasteiger partial charge >= 0.3 is 6.03 Å². The Morgan fingerprint density at radius 1 is 1.25 bits per heavy atom. The number of imide groups is 1. The second kappa shape index (κ2) is 7.67. The molecule has 2 saturated heterocycles. The normalized spacial score (nSPS) is 28.6. The Morgan fingerprint density at radius 2 is 1.96 bits per heavy atom. The Morgan fingerprint density at radius 3 is 2.58 bits per heavy atom. The molecule has 1 saturated carbocycles. The van der Waals surface area contributed by atoms with Gasteiger partial charge in [-0.1, -0.05) is 19.3 Å². The lowest BCUT2D eigenvalue weighted by Gasteiger charge is -2.30. The molecule has 4 N–H and O–H groups in total. The minimum Gasteiger partial charge on any atom is -0.391 e. The standard InChI is InChI=1S/C15H24N4O4.ClH/c20-11-8-16-6-10(11)7-17-12(21)9-19-13(22)15(18-14(19)23)4-2-1-3-5-15;/h10-11,16,20H,1-9H2,(H,17,21)(H,18,23);1H. The Labute approximate surface area is 147 Å². The molecule has 2 aliphatic heterocycles. The molecule has 24 heavy (non-hydrogen) atoms. The van der Waals surface area contributed by atoms with Gasteiger partial charge in [-0.3, -0.25) is 14.5 Å². The zero-order valence-electron chi connectivity index (χ0n) is 13.5. The lowest BCUT2D eigenvalue weighted by atomic mass is 9.82. The summed E-state index contributed by atoms with van der Waals surface area (Å²) in [5, 5.41) is 18.2. The van der Waals surface area contributed by atoms with Crippen LogP contribution in [0.3, 0.4) is 0 Å². The SMILES string of the molecule is Cl.O=C(CN1C(=O)NC2(CCCCC2)C1=O)NCC1CNCC1O. The summed E-state index contributed by atoms with van der Waals surface area (Å²) in [4.78, 5) is 37.7. The zero-order chi connectivity index (χ0) is 16.4. The summed E-state index contributed by atoms with van der Waals surface area (Å²) in [6.45, 7) is 1.24. The maximum atomic E-state index is 12.6. The van der Waals surface area contributed by atoms with Gasteiger partial charge in [-0.05, 0) is 12.8 Å². The molecule has 1 spiro atoms. The average molecular weight is 361 g/mol. The van der Waals surface area contributed by atoms with Crippen molar-refractivity contribution in [1.29, 1.82) is 0 Å². The van der Waals surface area contributed by atoms with Gasteiger partial charge in [0.05, 0.1) is 6.10 Å². The third-order valence-corrected chi connectivity index (χ3v) is 5.12. The number of nitrogens with zero attached hydrogens (tertiary/aromatic N) is 1. The number of carbonyl (C=O) groups is 3. The molecule has 8 nitrogen and oxygen atoms in total. The highest BCUT2D eigenvalue weighted by atomic mass is 35.5. The van der Waals surface area contributed by atoms with E-state index in [0.29, 0.717) is 32.5 Å². The van der Waals surface area contributed by atoms with Crippen LogP contribution in [0.15, 0.2) is 0 Å². The number of rotatable bonds is 4. The zero-order valence-corrected chi connectivity index (χ0v) is 14.4. The van der Waals surface area contributed by atoms with Crippen LogP contribution in [-0.4, -0.2) is 65.7 Å². The summed E-state index contributed by atoms with van der Waals surface area (Å²) in [5.41, 5.74) is -0.790. The fourth-order valence-electron chi connectivity index (χ4n) is 3.69. The predicted octanol–water partition coefficient (Wildman–Crippen LogP) is -0.641. The first-order chi connectivity index (χ1) is 11.0. The monoisotopic (exact) mass is 360 g/mol. The average Bonchev–Trinajstić information content (AvgIpc) is 3.03. The molecule has 0 bridgehead atoms. The van der Waals surface area contributed by atoms with E-state index in [2.05, 4.69) is 16.0 Å². The minimum atomic E-state index is -0.790. The molecule has 0 aromatic carbocycles. The van der Waals surface area contributed by atoms with Gasteiger partial charge in [0.1, 0.15) is 12.1 Å². The molecule has 3 fully saturated rings. The maximum absolute atomic E-state index is 12.6. The van der Waals surface area contributed by atoms with E-state index in [1.165, 1.54) is 0 Å². The van der Waals surface area contributed by atoms with Gasteiger partial charge in [0.25, 0.3) is 5.91 Å². The van der Waals surface area contributed by atoms with Crippen LogP contribution in [-0.2, 0) is 9.59 Å². The highest BCUT2D eigenvalue weighted by Gasteiger charge is 2.51. The van der Waals surface area contributed by atoms with Crippen molar-refractivity contribution in [2.75, 3.05) is 26.2 Å². The van der Waals surface area contributed by atoms with Crippen LogP contribution in [0.4, 0.5) is 4.79 Å². The Balaban J connectivity index is 0.00000208. The molecule has 0 radical (unpaired) electrons. The molecule has 1 aliphatic carbocycles. The number of nitrogens with one attached hydrogen (secondary N) is 3. The van der Waals surface area contributed by atoms with Crippen LogP contribution < -0.4 is 16.0 Å². The number of aliphatic hydroxyl groups excluding tert-OH is 1. The van der Waals surface area contributed by atoms with Gasteiger partial charge in [0.15, 0.2) is 0 Å². The van der Waals surface area contributed by atoms with E-state index in [1.54, 1.807) is 0 Å². The van der Waals surface area contributed by atoms with Gasteiger partial charge in [0, 0.05) is 25.6 Å². The molecule has 0 aromatic rings. The summed E-state index contributed by atoms with van der Waals surface area (Å²) in [7, 11) is 0. The number of urea groups is 1. The van der Waals surface area contributed by atoms with E-state index in [-0.39, 0.29) is 36.7 Å². The molecular weight excluding hydrogens is 336 g/mol. The number of β-amino-alcohol motifs (C(OH)–C–C–N with tert-alkyl or cyclic N) is 1. The molecule has 9 heteroatoms. The first-order valence-electron chi connectivity index (χ1n) is 8.31. The van der Waals surface area contributed by atoms with Crippen molar-refractivity contribution < 1.29 is 19.5 Å². The van der Waals surface area contributed by atoms with E-state index < -0.39 is 17.7 Å². The molecule has 4 amide bonds. The lowest BCUT2D eigenvalue weighted by Crippen LogP contribution is -2.49. The van der Waals surface area contributed by atoms with Crippen LogP contribution in [0.5, 0.6) is 0 Å². The quantitative estimate of drug-likeness (QED) is 0.498. The number of halogens is 1. The third-order valence-electron chi connectivity index (χ3n) is 5.12. The summed E-state index contributed by atoms with van der Waals surface area (Å²) in [6.07, 6.45) is 3.73. The van der Waals surface area contributed by atoms with Crippen LogP contribution in [0.2, 0.25) is 0 Å². The fraction of sp³-hybridized carbons (Fsp3) is 0.800. The van der Waals surface area contributed by atoms with Gasteiger partial charge in [0.2, 0.25) is 5.91 Å². The molecular formula is C15H25ClN4O4. The van der Waals surface area contributed by atoms with E-state index >= 15 is 0 Å². The van der Waals surface area contributed by atoms with Crippen molar-refractivity contribution in [3.63, 3.8) is 0 Å². The van der Waals surface area contributed by atoms with Crippen LogP contribution in [0.25, 0.3) is 0 Å². The van der Waals surface area contributed by atoms with Gasteiger partial charge in [-0.15, -0.1) is 12.4 Å². The third kappa shape index (κ3) is 3.65. The molecule has 3 aliphatic rings. The summed E-state index contributed by atoms with van der Waals surface area (Å²) >= 11 is 0. The number of carbonyl (C=O) groups excluding carboxylic acids is 3. The van der Waals surface area contributed by atoms with Gasteiger partial charge in [-0.2, -0.15) is 0 Å². The summed E-state index contributed by atoms with van der Waals surface area (Å²) in [5.74, 6) is -0.688. The highest BCUT2D eigenvalue weighted by Crippen LogP contribution is 2.33. The Hall–Kier alpha value is -1.38. The molecule has 0 aromatic heterocycles. The fourth-order valence-corrected chi connectivity index (χ4v) is 3.69. The second-order valence-electron chi connectivity index (χ2n) is 6.75. The molecule has 3 rings (SSSR count). The largest absolute Gasteiger partial charge is 0.391 e. The number of amides is 4. The van der Waals surface area contributed by atoms with E-state index in [4.69, 9.17) is 0 Å². The molecule has 2 heterocycles. The van der Waals surface area contributed by atoms with Gasteiger partial charge < -0.3 is 21.1 Å². The van der Waals surface area contributed by atoms with Crippen molar-refractivity contribution in [2.24, 2.45) is 5.92 Å². The van der Waals surface area contributed by atoms with Crippen LogP contribution in [0.1, 0.15) is 32.1 Å². The minimum absolute atomic E-state index is 0. The first kappa shape index (κ1) is 19.0. The maximum Gasteiger partial charge on any atom is 0.325 e. The van der Waals surface area contributed by atoms with Crippen LogP contribution in [0, 0.1) is 5.92 Å². The van der Waals surface area contributed by atoms with Gasteiger partial charge in [-0.25, -0.2) is 4.79 Å².